The highest BCUT2D eigenvalue weighted by molar-refractivity contribution is 5.45. The molecule has 0 radical (unpaired) electrons. The Morgan fingerprint density at radius 2 is 1.80 bits per heavy atom. The van der Waals surface area contributed by atoms with Crippen molar-refractivity contribution in [3.63, 3.8) is 0 Å². The van der Waals surface area contributed by atoms with Gasteiger partial charge in [0.2, 0.25) is 0 Å². The van der Waals surface area contributed by atoms with Crippen LogP contribution in [0.15, 0.2) is 18.2 Å². The van der Waals surface area contributed by atoms with Crippen molar-refractivity contribution in [3.8, 4) is 0 Å². The van der Waals surface area contributed by atoms with Crippen LogP contribution in [0.4, 0.5) is 14.5 Å². The van der Waals surface area contributed by atoms with Crippen LogP contribution >= 0.6 is 0 Å². The van der Waals surface area contributed by atoms with Crippen molar-refractivity contribution in [3.05, 3.63) is 29.8 Å². The van der Waals surface area contributed by atoms with E-state index in [-0.39, 0.29) is 0 Å². The third-order valence-corrected chi connectivity index (χ3v) is 2.92. The highest BCUT2D eigenvalue weighted by Gasteiger charge is 2.15. The Morgan fingerprint density at radius 3 is 2.53 bits per heavy atom. The lowest BCUT2D eigenvalue weighted by molar-refractivity contribution is 0.457. The molecular formula is C12H15F2N. The maximum atomic E-state index is 13.3. The minimum atomic E-state index is -0.782. The lowest BCUT2D eigenvalue weighted by Crippen LogP contribution is -2.22. The van der Waals surface area contributed by atoms with Crippen LogP contribution < -0.4 is 5.32 Å². The molecule has 0 amide bonds. The van der Waals surface area contributed by atoms with Gasteiger partial charge in [0.05, 0.1) is 5.69 Å². The number of rotatable bonds is 2. The van der Waals surface area contributed by atoms with Crippen molar-refractivity contribution in [1.29, 1.82) is 0 Å². The summed E-state index contributed by atoms with van der Waals surface area (Å²) in [6.45, 7) is 0. The summed E-state index contributed by atoms with van der Waals surface area (Å²) in [5.74, 6) is -1.54. The molecule has 1 aliphatic rings. The van der Waals surface area contributed by atoms with Crippen molar-refractivity contribution < 1.29 is 8.78 Å². The molecule has 0 spiro atoms. The molecule has 0 bridgehead atoms. The zero-order valence-corrected chi connectivity index (χ0v) is 8.60. The third kappa shape index (κ3) is 2.46. The Hall–Kier alpha value is -1.12. The third-order valence-electron chi connectivity index (χ3n) is 2.92. The van der Waals surface area contributed by atoms with Crippen molar-refractivity contribution in [2.24, 2.45) is 0 Å². The summed E-state index contributed by atoms with van der Waals surface area (Å²) in [5.41, 5.74) is 0.293. The van der Waals surface area contributed by atoms with Gasteiger partial charge < -0.3 is 5.32 Å². The minimum Gasteiger partial charge on any atom is -0.380 e. The van der Waals surface area contributed by atoms with Gasteiger partial charge in [0.1, 0.15) is 0 Å². The Balaban J connectivity index is 2.06. The highest BCUT2D eigenvalue weighted by atomic mass is 19.2. The van der Waals surface area contributed by atoms with Gasteiger partial charge >= 0.3 is 0 Å². The van der Waals surface area contributed by atoms with Crippen molar-refractivity contribution >= 4 is 5.69 Å². The van der Waals surface area contributed by atoms with E-state index in [4.69, 9.17) is 0 Å². The zero-order valence-electron chi connectivity index (χ0n) is 8.60. The standard InChI is InChI=1S/C12H15F2N/c13-10-7-4-8-11(12(10)14)15-9-5-2-1-3-6-9/h4,7-9,15H,1-3,5-6H2. The van der Waals surface area contributed by atoms with Crippen LogP contribution in [-0.4, -0.2) is 6.04 Å². The van der Waals surface area contributed by atoms with E-state index in [1.807, 2.05) is 0 Å². The number of hydrogen-bond acceptors (Lipinski definition) is 1. The van der Waals surface area contributed by atoms with Gasteiger partial charge in [-0.25, -0.2) is 8.78 Å². The Morgan fingerprint density at radius 1 is 1.07 bits per heavy atom. The number of benzene rings is 1. The monoisotopic (exact) mass is 211 g/mol. The van der Waals surface area contributed by atoms with Crippen molar-refractivity contribution in [2.75, 3.05) is 5.32 Å². The fraction of sp³-hybridized carbons (Fsp3) is 0.500. The van der Waals surface area contributed by atoms with E-state index in [2.05, 4.69) is 5.32 Å². The smallest absolute Gasteiger partial charge is 0.181 e. The lowest BCUT2D eigenvalue weighted by Gasteiger charge is -2.24. The highest BCUT2D eigenvalue weighted by Crippen LogP contribution is 2.24. The second-order valence-electron chi connectivity index (χ2n) is 4.08. The molecule has 1 aromatic rings. The molecule has 1 nitrogen and oxygen atoms in total. The number of halogens is 2. The summed E-state index contributed by atoms with van der Waals surface area (Å²) in [6, 6.07) is 4.56. The molecule has 3 heteroatoms. The molecule has 0 aliphatic heterocycles. The number of anilines is 1. The summed E-state index contributed by atoms with van der Waals surface area (Å²) in [7, 11) is 0. The van der Waals surface area contributed by atoms with Gasteiger partial charge in [-0.2, -0.15) is 0 Å². The largest absolute Gasteiger partial charge is 0.380 e. The lowest BCUT2D eigenvalue weighted by atomic mass is 9.95. The van der Waals surface area contributed by atoms with Crippen LogP contribution in [0.3, 0.4) is 0 Å². The topological polar surface area (TPSA) is 12.0 Å². The van der Waals surface area contributed by atoms with E-state index in [1.165, 1.54) is 25.3 Å². The zero-order chi connectivity index (χ0) is 10.7. The quantitative estimate of drug-likeness (QED) is 0.786. The first-order chi connectivity index (χ1) is 7.27. The Bertz CT molecular complexity index is 332. The van der Waals surface area contributed by atoms with Crippen molar-refractivity contribution in [1.82, 2.24) is 0 Å². The SMILES string of the molecule is Fc1cccc(NC2CCCCC2)c1F. The van der Waals surface area contributed by atoms with Gasteiger partial charge in [0.25, 0.3) is 0 Å². The molecule has 0 aromatic heterocycles. The van der Waals surface area contributed by atoms with Crippen LogP contribution in [-0.2, 0) is 0 Å². The first-order valence-electron chi connectivity index (χ1n) is 5.48. The maximum Gasteiger partial charge on any atom is 0.181 e. The molecule has 0 unspecified atom stereocenters. The number of hydrogen-bond donors (Lipinski definition) is 1. The fourth-order valence-electron chi connectivity index (χ4n) is 2.08. The summed E-state index contributed by atoms with van der Waals surface area (Å²) >= 11 is 0. The average Bonchev–Trinajstić information content (AvgIpc) is 2.26. The van der Waals surface area contributed by atoms with Crippen LogP contribution in [0.1, 0.15) is 32.1 Å². The molecule has 1 N–H and O–H groups in total. The molecule has 0 saturated heterocycles. The molecule has 1 fully saturated rings. The molecule has 1 saturated carbocycles. The van der Waals surface area contributed by atoms with Crippen LogP contribution in [0.5, 0.6) is 0 Å². The van der Waals surface area contributed by atoms with E-state index in [0.717, 1.165) is 18.9 Å². The molecule has 1 aliphatic carbocycles. The summed E-state index contributed by atoms with van der Waals surface area (Å²) in [5, 5.41) is 3.07. The van der Waals surface area contributed by atoms with E-state index in [9.17, 15) is 8.78 Å². The Labute approximate surface area is 88.5 Å². The molecular weight excluding hydrogens is 196 g/mol. The summed E-state index contributed by atoms with van der Waals surface area (Å²) < 4.78 is 26.2. The number of nitrogens with one attached hydrogen (secondary N) is 1. The molecule has 0 atom stereocenters. The second kappa shape index (κ2) is 4.60. The minimum absolute atomic E-state index is 0.293. The van der Waals surface area contributed by atoms with Gasteiger partial charge in [-0.05, 0) is 25.0 Å². The van der Waals surface area contributed by atoms with E-state index < -0.39 is 11.6 Å². The predicted molar refractivity (Wildman–Crippen MR) is 56.9 cm³/mol. The van der Waals surface area contributed by atoms with Crippen LogP contribution in [0, 0.1) is 11.6 Å². The molecule has 2 rings (SSSR count). The molecule has 82 valence electrons. The Kier molecular flexibility index (Phi) is 3.19. The summed E-state index contributed by atoms with van der Waals surface area (Å²) in [4.78, 5) is 0. The van der Waals surface area contributed by atoms with E-state index in [0.29, 0.717) is 11.7 Å². The van der Waals surface area contributed by atoms with Gasteiger partial charge in [-0.3, -0.25) is 0 Å². The first-order valence-corrected chi connectivity index (χ1v) is 5.48. The fourth-order valence-corrected chi connectivity index (χ4v) is 2.08. The van der Waals surface area contributed by atoms with Crippen LogP contribution in [0.25, 0.3) is 0 Å². The maximum absolute atomic E-state index is 13.3. The van der Waals surface area contributed by atoms with Gasteiger partial charge in [0, 0.05) is 6.04 Å². The predicted octanol–water partition coefficient (Wildman–Crippen LogP) is 3.71. The van der Waals surface area contributed by atoms with Gasteiger partial charge in [0.15, 0.2) is 11.6 Å². The van der Waals surface area contributed by atoms with Gasteiger partial charge in [-0.15, -0.1) is 0 Å². The first kappa shape index (κ1) is 10.4. The summed E-state index contributed by atoms with van der Waals surface area (Å²) in [6.07, 6.45) is 5.71. The normalized spacial score (nSPS) is 17.7. The van der Waals surface area contributed by atoms with Crippen molar-refractivity contribution in [2.45, 2.75) is 38.1 Å². The molecule has 0 heterocycles. The van der Waals surface area contributed by atoms with Crippen LogP contribution in [0.2, 0.25) is 0 Å². The van der Waals surface area contributed by atoms with Gasteiger partial charge in [-0.1, -0.05) is 25.3 Å². The molecule has 15 heavy (non-hydrogen) atoms. The average molecular weight is 211 g/mol. The second-order valence-corrected chi connectivity index (χ2v) is 4.08. The van der Waals surface area contributed by atoms with E-state index >= 15 is 0 Å². The molecule has 1 aromatic carbocycles. The van der Waals surface area contributed by atoms with E-state index in [1.54, 1.807) is 6.07 Å².